The average molecular weight is 1170 g/mol. The molecule has 2 aromatic heterocycles. The molecule has 7 aromatic rings. The number of carbonyl (C=O) groups is 4. The number of fused-ring (bicyclic) bond motifs is 2. The van der Waals surface area contributed by atoms with E-state index >= 15 is 8.78 Å². The summed E-state index contributed by atoms with van der Waals surface area (Å²) in [6, 6.07) is 35.8. The molecule has 5 aromatic carbocycles. The SMILES string of the molecule is CCOC(=O)c1c(SCC2=C(C(=O)OCc3ccc(OC)cc3)N3C(=O)C(NC(=O)/C(=N\OC)c4csc(NC(c5ccccc5)(c5ccccc5)c5ccccc5)n4)[C@H]3S(=O)C2)sc2c(F)c(N3CCN(C)CC3)c(F)cc2c1=O. The molecule has 5 heterocycles. The van der Waals surface area contributed by atoms with E-state index in [-0.39, 0.29) is 67.4 Å². The summed E-state index contributed by atoms with van der Waals surface area (Å²) in [5.74, 6) is -5.68. The molecule has 2 N–H and O–H groups in total. The van der Waals surface area contributed by atoms with Crippen molar-refractivity contribution in [3.05, 3.63) is 193 Å². The number of methoxy groups -OCH3 is 1. The summed E-state index contributed by atoms with van der Waals surface area (Å²) in [4.78, 5) is 85.7. The molecule has 81 heavy (non-hydrogen) atoms. The smallest absolute Gasteiger partial charge is 0.355 e. The summed E-state index contributed by atoms with van der Waals surface area (Å²) in [6.45, 7) is 2.90. The van der Waals surface area contributed by atoms with Crippen LogP contribution in [0, 0.1) is 11.6 Å². The number of oxime groups is 1. The van der Waals surface area contributed by atoms with Crippen LogP contribution in [-0.2, 0) is 51.6 Å². The van der Waals surface area contributed by atoms with E-state index in [9.17, 15) is 28.2 Å². The molecule has 0 bridgehead atoms. The zero-order valence-electron chi connectivity index (χ0n) is 44.1. The third-order valence-electron chi connectivity index (χ3n) is 14.0. The molecule has 3 aliphatic rings. The highest BCUT2D eigenvalue weighted by molar-refractivity contribution is 8.01. The molecule has 2 fully saturated rings. The van der Waals surface area contributed by atoms with Crippen LogP contribution in [0.5, 0.6) is 5.75 Å². The fourth-order valence-corrected chi connectivity index (χ4v) is 15.0. The number of anilines is 2. The standard InChI is InChI=1S/C58H53F2N7O10S4/c1-5-76-54(71)43-49(68)40-29-41(59)48(66-27-25-65(2)26-28-66)44(60)50(40)80-56(43)78-31-35-33-81(73)53-46(52(70)67(53)47(35)55(72)77-30-34-21-23-39(74-3)24-22-34)62-51(69)45(64-75-4)42-32-79-57(61-42)63-58(36-15-9-6-10-16-36,37-17-11-7-12-18-37)38-19-13-8-14-20-38/h6-24,29,32,46,53H,5,25-28,30-31,33H2,1-4H3,(H,61,63)(H,62,69)/b64-45-/t46?,53-,81?/m1/s1. The van der Waals surface area contributed by atoms with Crippen molar-refractivity contribution in [2.75, 3.05) is 75.8 Å². The maximum atomic E-state index is 16.7. The van der Waals surface area contributed by atoms with Crippen LogP contribution < -0.4 is 25.7 Å². The fourth-order valence-electron chi connectivity index (χ4n) is 9.96. The van der Waals surface area contributed by atoms with E-state index in [4.69, 9.17) is 24.0 Å². The van der Waals surface area contributed by atoms with Crippen LogP contribution in [0.3, 0.4) is 0 Å². The number of nitrogens with zero attached hydrogens (tertiary/aromatic N) is 5. The van der Waals surface area contributed by atoms with Crippen LogP contribution in [0.4, 0.5) is 19.6 Å². The number of benzene rings is 5. The Bertz CT molecular complexity index is 3580. The van der Waals surface area contributed by atoms with E-state index in [1.807, 2.05) is 103 Å². The minimum Gasteiger partial charge on any atom is -0.497 e. The molecule has 3 aliphatic heterocycles. The number of aromatic nitrogens is 1. The lowest BCUT2D eigenvalue weighted by atomic mass is 9.77. The first-order valence-electron chi connectivity index (χ1n) is 25.5. The number of amides is 2. The summed E-state index contributed by atoms with van der Waals surface area (Å²) in [5, 5.41) is 10.8. The zero-order chi connectivity index (χ0) is 57.0. The first-order valence-corrected chi connectivity index (χ1v) is 29.6. The highest BCUT2D eigenvalue weighted by Crippen LogP contribution is 2.43. The van der Waals surface area contributed by atoms with Crippen molar-refractivity contribution in [2.24, 2.45) is 5.16 Å². The Hall–Kier alpha value is -7.83. The number of carbonyl (C=O) groups excluding carboxylic acids is 4. The van der Waals surface area contributed by atoms with Crippen molar-refractivity contribution in [3.63, 3.8) is 0 Å². The molecule has 2 saturated heterocycles. The van der Waals surface area contributed by atoms with Gasteiger partial charge >= 0.3 is 11.9 Å². The number of β-lactam (4-membered cyclic amide) rings is 1. The fraction of sp³-hybridized carbons (Fsp3) is 0.259. The molecule has 3 atom stereocenters. The van der Waals surface area contributed by atoms with E-state index in [1.54, 1.807) is 34.5 Å². The van der Waals surface area contributed by atoms with E-state index in [1.165, 1.54) is 32.5 Å². The van der Waals surface area contributed by atoms with Crippen molar-refractivity contribution < 1.29 is 51.2 Å². The minimum absolute atomic E-state index is 0.0246. The van der Waals surface area contributed by atoms with Gasteiger partial charge in [0, 0.05) is 42.7 Å². The maximum absolute atomic E-state index is 16.7. The van der Waals surface area contributed by atoms with Gasteiger partial charge in [-0.1, -0.05) is 108 Å². The molecular weight excluding hydrogens is 1120 g/mol. The Morgan fingerprint density at radius 1 is 0.864 bits per heavy atom. The van der Waals surface area contributed by atoms with E-state index in [0.29, 0.717) is 42.6 Å². The second-order valence-corrected chi connectivity index (χ2v) is 23.5. The second kappa shape index (κ2) is 24.5. The lowest BCUT2D eigenvalue weighted by Crippen LogP contribution is -2.74. The highest BCUT2D eigenvalue weighted by atomic mass is 32.2. The molecule has 10 rings (SSSR count). The summed E-state index contributed by atoms with van der Waals surface area (Å²) in [7, 11) is 2.65. The summed E-state index contributed by atoms with van der Waals surface area (Å²) in [6.07, 6.45) is 0. The normalized spacial score (nSPS) is 17.5. The number of piperazine rings is 1. The Morgan fingerprint density at radius 2 is 1.49 bits per heavy atom. The molecule has 2 amide bonds. The van der Waals surface area contributed by atoms with Crippen molar-refractivity contribution in [2.45, 2.75) is 34.7 Å². The molecule has 0 radical (unpaired) electrons. The van der Waals surface area contributed by atoms with E-state index in [2.05, 4.69) is 15.8 Å². The van der Waals surface area contributed by atoms with Gasteiger partial charge in [0.15, 0.2) is 16.7 Å². The summed E-state index contributed by atoms with van der Waals surface area (Å²) >= 11 is 2.80. The minimum atomic E-state index is -2.00. The topological polar surface area (TPSA) is 198 Å². The number of esters is 2. The highest BCUT2D eigenvalue weighted by Gasteiger charge is 2.58. The van der Waals surface area contributed by atoms with Crippen LogP contribution in [0.2, 0.25) is 0 Å². The van der Waals surface area contributed by atoms with Gasteiger partial charge in [-0.15, -0.1) is 34.4 Å². The summed E-state index contributed by atoms with van der Waals surface area (Å²) in [5.41, 5.74) is 0.241. The van der Waals surface area contributed by atoms with Crippen LogP contribution in [0.1, 0.15) is 45.2 Å². The Balaban J connectivity index is 0.956. The monoisotopic (exact) mass is 1170 g/mol. The van der Waals surface area contributed by atoms with Crippen molar-refractivity contribution in [1.29, 1.82) is 0 Å². The van der Waals surface area contributed by atoms with Gasteiger partial charge in [-0.3, -0.25) is 23.5 Å². The van der Waals surface area contributed by atoms with Gasteiger partial charge in [-0.05, 0) is 60.0 Å². The number of nitrogens with one attached hydrogen (secondary N) is 2. The van der Waals surface area contributed by atoms with Crippen molar-refractivity contribution in [1.82, 2.24) is 20.1 Å². The molecule has 0 saturated carbocycles. The molecule has 17 nitrogen and oxygen atoms in total. The molecule has 23 heteroatoms. The lowest BCUT2D eigenvalue weighted by Gasteiger charge is -2.49. The zero-order valence-corrected chi connectivity index (χ0v) is 47.4. The van der Waals surface area contributed by atoms with Crippen LogP contribution >= 0.6 is 34.4 Å². The number of rotatable bonds is 19. The average Bonchev–Trinajstić information content (AvgIpc) is 3.21. The van der Waals surface area contributed by atoms with Gasteiger partial charge in [0.25, 0.3) is 11.8 Å². The summed E-state index contributed by atoms with van der Waals surface area (Å²) < 4.78 is 63.1. The number of hydrogen-bond acceptors (Lipinski definition) is 18. The first kappa shape index (κ1) is 56.4. The molecular formula is C58H53F2N7O10S4. The maximum Gasteiger partial charge on any atom is 0.355 e. The number of likely N-dealkylation sites (N-methyl/N-ethyl adjacent to an activating group) is 1. The van der Waals surface area contributed by atoms with Gasteiger partial charge in [-0.25, -0.2) is 23.4 Å². The van der Waals surface area contributed by atoms with E-state index < -0.39 is 74.1 Å². The van der Waals surface area contributed by atoms with Gasteiger partial charge in [0.05, 0.1) is 39.2 Å². The number of halogens is 2. The number of ether oxygens (including phenoxy) is 3. The first-order chi connectivity index (χ1) is 39.3. The van der Waals surface area contributed by atoms with Gasteiger partial charge in [-0.2, -0.15) is 0 Å². The van der Waals surface area contributed by atoms with E-state index in [0.717, 1.165) is 50.8 Å². The van der Waals surface area contributed by atoms with Crippen LogP contribution in [-0.4, -0.2) is 125 Å². The molecule has 2 unspecified atom stereocenters. The predicted molar refractivity (Wildman–Crippen MR) is 308 cm³/mol. The van der Waals surface area contributed by atoms with Gasteiger partial charge in [0.2, 0.25) is 5.43 Å². The molecule has 0 spiro atoms. The van der Waals surface area contributed by atoms with Gasteiger partial charge < -0.3 is 39.5 Å². The van der Waals surface area contributed by atoms with Crippen LogP contribution in [0.15, 0.2) is 152 Å². The Labute approximate surface area is 479 Å². The lowest BCUT2D eigenvalue weighted by molar-refractivity contribution is -0.153. The Kier molecular flexibility index (Phi) is 17.1. The van der Waals surface area contributed by atoms with Crippen molar-refractivity contribution >= 4 is 95.6 Å². The Morgan fingerprint density at radius 3 is 2.09 bits per heavy atom. The largest absolute Gasteiger partial charge is 0.497 e. The predicted octanol–water partition coefficient (Wildman–Crippen LogP) is 7.89. The molecule has 418 valence electrons. The molecule has 0 aliphatic carbocycles. The quantitative estimate of drug-likeness (QED) is 0.0198. The van der Waals surface area contributed by atoms with Crippen molar-refractivity contribution in [3.8, 4) is 5.75 Å². The van der Waals surface area contributed by atoms with Crippen LogP contribution in [0.25, 0.3) is 10.1 Å². The third kappa shape index (κ3) is 11.2. The number of thioether (sulfide) groups is 1. The third-order valence-corrected chi connectivity index (χ3v) is 18.9. The van der Waals surface area contributed by atoms with Gasteiger partial charge in [0.1, 0.15) is 64.9 Å². The number of thiazole rings is 1. The second-order valence-electron chi connectivity index (χ2n) is 18.9. The number of hydrogen-bond donors (Lipinski definition) is 2.